The lowest BCUT2D eigenvalue weighted by molar-refractivity contribution is -0.113. The average Bonchev–Trinajstić information content (AvgIpc) is 2.81. The number of primary amides is 1. The minimum Gasteiger partial charge on any atom is -0.365 e. The van der Waals surface area contributed by atoms with Crippen molar-refractivity contribution in [1.29, 1.82) is 0 Å². The Morgan fingerprint density at radius 2 is 2.08 bits per heavy atom. The van der Waals surface area contributed by atoms with Crippen LogP contribution in [-0.2, 0) is 11.3 Å². The van der Waals surface area contributed by atoms with E-state index in [-0.39, 0.29) is 0 Å². The molecule has 0 aliphatic heterocycles. The van der Waals surface area contributed by atoms with Gasteiger partial charge in [-0.05, 0) is 56.7 Å². The first-order valence-electron chi connectivity index (χ1n) is 7.95. The van der Waals surface area contributed by atoms with E-state index < -0.39 is 5.91 Å². The minimum atomic E-state index is -0.416. The van der Waals surface area contributed by atoms with Crippen LogP contribution < -0.4 is 5.73 Å². The van der Waals surface area contributed by atoms with Gasteiger partial charge in [0.2, 0.25) is 0 Å². The monoisotopic (exact) mass is 344 g/mol. The summed E-state index contributed by atoms with van der Waals surface area (Å²) in [4.78, 5) is 21.4. The number of nitrogens with zero attached hydrogens (tertiary/aromatic N) is 3. The van der Waals surface area contributed by atoms with E-state index in [2.05, 4.69) is 24.6 Å². The van der Waals surface area contributed by atoms with Gasteiger partial charge >= 0.3 is 0 Å². The summed E-state index contributed by atoms with van der Waals surface area (Å²) in [5.74, 6) is -0.416. The normalized spacial score (nSPS) is 12.9. The Morgan fingerprint density at radius 3 is 2.67 bits per heavy atom. The molecule has 0 bridgehead atoms. The molecule has 0 unspecified atom stereocenters. The van der Waals surface area contributed by atoms with E-state index in [1.165, 1.54) is 11.8 Å². The maximum Gasteiger partial charge on any atom is 0.255 e. The highest BCUT2D eigenvalue weighted by molar-refractivity contribution is 8.03. The molecule has 128 valence electrons. The molecule has 0 radical (unpaired) electrons. The van der Waals surface area contributed by atoms with Crippen LogP contribution in [0.5, 0.6) is 0 Å². The zero-order valence-corrected chi connectivity index (χ0v) is 15.7. The maximum absolute atomic E-state index is 11.3. The van der Waals surface area contributed by atoms with Gasteiger partial charge < -0.3 is 10.3 Å². The maximum atomic E-state index is 11.3. The van der Waals surface area contributed by atoms with Crippen molar-refractivity contribution in [2.45, 2.75) is 40.7 Å². The second-order valence-corrected chi connectivity index (χ2v) is 6.69. The average molecular weight is 344 g/mol. The summed E-state index contributed by atoms with van der Waals surface area (Å²) >= 11 is 1.34. The van der Waals surface area contributed by atoms with E-state index in [9.17, 15) is 4.79 Å². The molecule has 0 fully saturated rings. The van der Waals surface area contributed by atoms with Gasteiger partial charge in [-0.1, -0.05) is 6.92 Å². The summed E-state index contributed by atoms with van der Waals surface area (Å²) in [7, 11) is 0. The molecule has 2 aromatic rings. The van der Waals surface area contributed by atoms with Crippen molar-refractivity contribution in [2.24, 2.45) is 5.73 Å². The molecule has 1 amide bonds. The molecule has 0 atom stereocenters. The molecule has 0 aliphatic rings. The number of rotatable bonds is 6. The Bertz CT molecular complexity index is 833. The van der Waals surface area contributed by atoms with Gasteiger partial charge in [-0.15, -0.1) is 11.8 Å². The van der Waals surface area contributed by atoms with Crippen molar-refractivity contribution in [3.8, 4) is 0 Å². The molecule has 6 heteroatoms. The van der Waals surface area contributed by atoms with E-state index in [0.29, 0.717) is 4.91 Å². The van der Waals surface area contributed by atoms with Crippen LogP contribution in [0.1, 0.15) is 37.2 Å². The van der Waals surface area contributed by atoms with Crippen LogP contribution in [0.4, 0.5) is 0 Å². The SMILES string of the molecule is CCCn1cc(C)c2nc(/C=C(C)/C=C(\SC)C(N)=O)c(C)nc21. The number of amides is 1. The highest BCUT2D eigenvalue weighted by atomic mass is 32.2. The first kappa shape index (κ1) is 18.3. The van der Waals surface area contributed by atoms with Crippen molar-refractivity contribution >= 4 is 34.9 Å². The molecule has 5 nitrogen and oxygen atoms in total. The molecular formula is C18H24N4OS. The first-order valence-corrected chi connectivity index (χ1v) is 9.17. The van der Waals surface area contributed by atoms with Gasteiger partial charge in [-0.25, -0.2) is 9.97 Å². The largest absolute Gasteiger partial charge is 0.365 e. The zero-order chi connectivity index (χ0) is 17.9. The van der Waals surface area contributed by atoms with Crippen LogP contribution in [0.25, 0.3) is 17.2 Å². The number of nitrogens with two attached hydrogens (primary N) is 1. The number of carbonyl (C=O) groups excluding carboxylic acids is 1. The van der Waals surface area contributed by atoms with Gasteiger partial charge in [0.1, 0.15) is 5.52 Å². The molecule has 0 saturated heterocycles. The molecule has 24 heavy (non-hydrogen) atoms. The summed E-state index contributed by atoms with van der Waals surface area (Å²) < 4.78 is 2.16. The minimum absolute atomic E-state index is 0.416. The van der Waals surface area contributed by atoms with Crippen LogP contribution >= 0.6 is 11.8 Å². The number of allylic oxidation sites excluding steroid dienone is 2. The van der Waals surface area contributed by atoms with Gasteiger partial charge in [0.25, 0.3) is 5.91 Å². The van der Waals surface area contributed by atoms with Crippen LogP contribution in [0.3, 0.4) is 0 Å². The molecule has 2 heterocycles. The highest BCUT2D eigenvalue weighted by Crippen LogP contribution is 2.21. The number of carbonyl (C=O) groups is 1. The summed E-state index contributed by atoms with van der Waals surface area (Å²) in [6.45, 7) is 9.02. The number of aromatic nitrogens is 3. The van der Waals surface area contributed by atoms with Gasteiger partial charge in [-0.3, -0.25) is 4.79 Å². The molecule has 2 rings (SSSR count). The van der Waals surface area contributed by atoms with Crippen molar-refractivity contribution in [1.82, 2.24) is 14.5 Å². The fraction of sp³-hybridized carbons (Fsp3) is 0.389. The van der Waals surface area contributed by atoms with Crippen LogP contribution in [0.15, 0.2) is 22.8 Å². The van der Waals surface area contributed by atoms with Gasteiger partial charge in [-0.2, -0.15) is 0 Å². The number of hydrogen-bond donors (Lipinski definition) is 1. The molecule has 2 N–H and O–H groups in total. The summed E-state index contributed by atoms with van der Waals surface area (Å²) in [6, 6.07) is 0. The van der Waals surface area contributed by atoms with E-state index in [1.54, 1.807) is 6.08 Å². The van der Waals surface area contributed by atoms with E-state index in [4.69, 9.17) is 15.7 Å². The number of fused-ring (bicyclic) bond motifs is 1. The number of thioether (sulfide) groups is 1. The fourth-order valence-electron chi connectivity index (χ4n) is 2.58. The van der Waals surface area contributed by atoms with Crippen LogP contribution in [-0.4, -0.2) is 26.7 Å². The Morgan fingerprint density at radius 1 is 1.38 bits per heavy atom. The van der Waals surface area contributed by atoms with Crippen LogP contribution in [0, 0.1) is 13.8 Å². The molecule has 2 aromatic heterocycles. The number of aryl methyl sites for hydroxylation is 3. The third-order valence-corrected chi connectivity index (χ3v) is 4.49. The van der Waals surface area contributed by atoms with Gasteiger partial charge in [0.15, 0.2) is 5.65 Å². The topological polar surface area (TPSA) is 73.8 Å². The molecule has 0 aromatic carbocycles. The fourth-order valence-corrected chi connectivity index (χ4v) is 3.09. The smallest absolute Gasteiger partial charge is 0.255 e. The lowest BCUT2D eigenvalue weighted by Crippen LogP contribution is -2.11. The lowest BCUT2D eigenvalue weighted by atomic mass is 10.2. The van der Waals surface area contributed by atoms with E-state index in [0.717, 1.165) is 46.7 Å². The molecular weight excluding hydrogens is 320 g/mol. The summed E-state index contributed by atoms with van der Waals surface area (Å²) in [6.07, 6.45) is 8.72. The van der Waals surface area contributed by atoms with Crippen molar-refractivity contribution in [3.05, 3.63) is 39.7 Å². The first-order chi connectivity index (χ1) is 11.4. The Kier molecular flexibility index (Phi) is 5.83. The Hall–Kier alpha value is -2.08. The second kappa shape index (κ2) is 7.66. The van der Waals surface area contributed by atoms with Crippen LogP contribution in [0.2, 0.25) is 0 Å². The quantitative estimate of drug-likeness (QED) is 0.642. The third kappa shape index (κ3) is 3.87. The number of hydrogen-bond acceptors (Lipinski definition) is 4. The van der Waals surface area contributed by atoms with Crippen molar-refractivity contribution < 1.29 is 4.79 Å². The lowest BCUT2D eigenvalue weighted by Gasteiger charge is -2.05. The molecule has 0 aliphatic carbocycles. The zero-order valence-electron chi connectivity index (χ0n) is 14.9. The van der Waals surface area contributed by atoms with Gasteiger partial charge in [0, 0.05) is 12.7 Å². The molecule has 0 saturated carbocycles. The Labute approximate surface area is 147 Å². The van der Waals surface area contributed by atoms with Crippen molar-refractivity contribution in [2.75, 3.05) is 6.26 Å². The Balaban J connectivity index is 2.50. The summed E-state index contributed by atoms with van der Waals surface area (Å²) in [5, 5.41) is 0. The highest BCUT2D eigenvalue weighted by Gasteiger charge is 2.11. The predicted molar refractivity (Wildman–Crippen MR) is 102 cm³/mol. The van der Waals surface area contributed by atoms with Crippen molar-refractivity contribution in [3.63, 3.8) is 0 Å². The summed E-state index contributed by atoms with van der Waals surface area (Å²) in [5.41, 5.74) is 10.9. The van der Waals surface area contributed by atoms with E-state index >= 15 is 0 Å². The van der Waals surface area contributed by atoms with Gasteiger partial charge in [0.05, 0.1) is 16.3 Å². The standard InChI is InChI=1S/C18H24N4OS/c1-6-7-22-10-12(3)16-18(22)20-13(4)14(21-16)8-11(2)9-15(24-5)17(19)23/h8-10H,6-7H2,1-5H3,(H2,19,23)/b11-8+,15-9-. The predicted octanol–water partition coefficient (Wildman–Crippen LogP) is 3.59. The second-order valence-electron chi connectivity index (χ2n) is 5.84. The van der Waals surface area contributed by atoms with E-state index in [1.807, 2.05) is 26.2 Å². The molecule has 0 spiro atoms. The third-order valence-electron chi connectivity index (χ3n) is 3.73.